The Morgan fingerprint density at radius 2 is 1.97 bits per heavy atom. The summed E-state index contributed by atoms with van der Waals surface area (Å²) in [5.74, 6) is 0.637. The van der Waals surface area contributed by atoms with Crippen molar-refractivity contribution in [3.8, 4) is 11.3 Å². The highest BCUT2D eigenvalue weighted by Gasteiger charge is 2.26. The van der Waals surface area contributed by atoms with Crippen LogP contribution in [0.25, 0.3) is 22.2 Å². The highest BCUT2D eigenvalue weighted by atomic mass is 16.5. The van der Waals surface area contributed by atoms with E-state index in [1.165, 1.54) is 18.4 Å². The number of fused-ring (bicyclic) bond motifs is 1. The molecule has 2 heterocycles. The van der Waals surface area contributed by atoms with Crippen molar-refractivity contribution >= 4 is 17.1 Å². The van der Waals surface area contributed by atoms with Gasteiger partial charge in [0.2, 0.25) is 0 Å². The third kappa shape index (κ3) is 3.64. The van der Waals surface area contributed by atoms with Crippen molar-refractivity contribution < 1.29 is 14.4 Å². The van der Waals surface area contributed by atoms with Crippen molar-refractivity contribution in [2.75, 3.05) is 0 Å². The van der Waals surface area contributed by atoms with Crippen LogP contribution in [0, 0.1) is 0 Å². The first kappa shape index (κ1) is 18.4. The van der Waals surface area contributed by atoms with Gasteiger partial charge in [0.1, 0.15) is 5.69 Å². The molecule has 0 bridgehead atoms. The Morgan fingerprint density at radius 1 is 1.13 bits per heavy atom. The number of benzene rings is 2. The highest BCUT2D eigenvalue weighted by molar-refractivity contribution is 5.93. The molecule has 0 aliphatic heterocycles. The molecule has 5 rings (SSSR count). The maximum atomic E-state index is 11.5. The number of nitrogens with one attached hydrogen (secondary N) is 1. The van der Waals surface area contributed by atoms with Crippen molar-refractivity contribution in [1.29, 1.82) is 0 Å². The molecule has 1 atom stereocenters. The number of pyridine rings is 1. The first-order valence-corrected chi connectivity index (χ1v) is 10.1. The van der Waals surface area contributed by atoms with Gasteiger partial charge < -0.3 is 14.9 Å². The summed E-state index contributed by atoms with van der Waals surface area (Å²) in [4.78, 5) is 15.9. The van der Waals surface area contributed by atoms with Crippen LogP contribution in [-0.4, -0.2) is 21.3 Å². The van der Waals surface area contributed by atoms with Crippen molar-refractivity contribution in [3.63, 3.8) is 0 Å². The van der Waals surface area contributed by atoms with E-state index in [2.05, 4.69) is 33.7 Å². The molecule has 1 amide bonds. The van der Waals surface area contributed by atoms with E-state index in [9.17, 15) is 9.90 Å². The summed E-state index contributed by atoms with van der Waals surface area (Å²) in [6, 6.07) is 19.2. The topological polar surface area (TPSA) is 88.2 Å². The van der Waals surface area contributed by atoms with Crippen molar-refractivity contribution in [3.05, 3.63) is 83.7 Å². The lowest BCUT2D eigenvalue weighted by atomic mass is 9.93. The summed E-state index contributed by atoms with van der Waals surface area (Å²) < 4.78 is 5.66. The SMILES string of the molecule is O=C(O)N[C@@H](Cc1ccccn1)c1ccccc1-c1noc2cc(C3CC3)ccc12. The Kier molecular flexibility index (Phi) is 4.67. The summed E-state index contributed by atoms with van der Waals surface area (Å²) in [6.07, 6.45) is 3.52. The molecule has 0 spiro atoms. The molecule has 0 unspecified atom stereocenters. The van der Waals surface area contributed by atoms with Crippen LogP contribution < -0.4 is 5.32 Å². The molecule has 2 aromatic heterocycles. The number of rotatable bonds is 6. The summed E-state index contributed by atoms with van der Waals surface area (Å²) >= 11 is 0. The van der Waals surface area contributed by atoms with E-state index in [-0.39, 0.29) is 0 Å². The molecule has 4 aromatic rings. The molecule has 1 aliphatic rings. The molecule has 0 saturated heterocycles. The van der Waals surface area contributed by atoms with Crippen LogP contribution in [-0.2, 0) is 6.42 Å². The van der Waals surface area contributed by atoms with E-state index in [0.717, 1.165) is 33.5 Å². The van der Waals surface area contributed by atoms with Gasteiger partial charge in [0, 0.05) is 29.3 Å². The number of hydrogen-bond donors (Lipinski definition) is 2. The van der Waals surface area contributed by atoms with Crippen LogP contribution in [0.5, 0.6) is 0 Å². The van der Waals surface area contributed by atoms with E-state index in [0.29, 0.717) is 12.3 Å². The lowest BCUT2D eigenvalue weighted by molar-refractivity contribution is 0.190. The quantitative estimate of drug-likeness (QED) is 0.458. The fraction of sp³-hybridized carbons (Fsp3) is 0.208. The van der Waals surface area contributed by atoms with E-state index < -0.39 is 12.1 Å². The van der Waals surface area contributed by atoms with E-state index in [1.807, 2.05) is 42.5 Å². The van der Waals surface area contributed by atoms with Crippen molar-refractivity contribution in [2.45, 2.75) is 31.2 Å². The van der Waals surface area contributed by atoms with Crippen LogP contribution in [0.15, 0.2) is 71.4 Å². The average molecular weight is 399 g/mol. The lowest BCUT2D eigenvalue weighted by Gasteiger charge is -2.20. The van der Waals surface area contributed by atoms with Gasteiger partial charge in [-0.15, -0.1) is 0 Å². The molecule has 30 heavy (non-hydrogen) atoms. The van der Waals surface area contributed by atoms with Gasteiger partial charge in [0.05, 0.1) is 6.04 Å². The molecular formula is C24H21N3O3. The minimum Gasteiger partial charge on any atom is -0.465 e. The molecule has 2 aromatic carbocycles. The van der Waals surface area contributed by atoms with Crippen LogP contribution >= 0.6 is 0 Å². The van der Waals surface area contributed by atoms with E-state index in [1.54, 1.807) is 6.20 Å². The number of carbonyl (C=O) groups is 1. The first-order chi connectivity index (χ1) is 14.7. The molecule has 2 N–H and O–H groups in total. The van der Waals surface area contributed by atoms with Crippen LogP contribution in [0.2, 0.25) is 0 Å². The summed E-state index contributed by atoms with van der Waals surface area (Å²) in [7, 11) is 0. The van der Waals surface area contributed by atoms with Gasteiger partial charge in [0.25, 0.3) is 0 Å². The van der Waals surface area contributed by atoms with E-state index >= 15 is 0 Å². The maximum Gasteiger partial charge on any atom is 0.405 e. The predicted octanol–water partition coefficient (Wildman–Crippen LogP) is 5.32. The second kappa shape index (κ2) is 7.63. The molecule has 6 nitrogen and oxygen atoms in total. The Bertz CT molecular complexity index is 1200. The average Bonchev–Trinajstić information content (AvgIpc) is 3.53. The zero-order valence-electron chi connectivity index (χ0n) is 16.3. The molecular weight excluding hydrogens is 378 g/mol. The Hall–Kier alpha value is -3.67. The van der Waals surface area contributed by atoms with Gasteiger partial charge in [-0.05, 0) is 54.2 Å². The number of amides is 1. The minimum absolute atomic E-state index is 0.436. The molecule has 6 heteroatoms. The predicted molar refractivity (Wildman–Crippen MR) is 113 cm³/mol. The molecule has 1 saturated carbocycles. The number of hydrogen-bond acceptors (Lipinski definition) is 4. The zero-order valence-corrected chi connectivity index (χ0v) is 16.3. The van der Waals surface area contributed by atoms with Crippen molar-refractivity contribution in [2.24, 2.45) is 0 Å². The summed E-state index contributed by atoms with van der Waals surface area (Å²) in [5.41, 5.74) is 5.28. The lowest BCUT2D eigenvalue weighted by Crippen LogP contribution is -2.29. The van der Waals surface area contributed by atoms with Gasteiger partial charge in [-0.3, -0.25) is 4.98 Å². The normalized spacial score (nSPS) is 14.5. The smallest absolute Gasteiger partial charge is 0.405 e. The second-order valence-electron chi connectivity index (χ2n) is 7.68. The molecule has 0 radical (unpaired) electrons. The van der Waals surface area contributed by atoms with Gasteiger partial charge in [-0.1, -0.05) is 41.6 Å². The van der Waals surface area contributed by atoms with Crippen molar-refractivity contribution in [1.82, 2.24) is 15.5 Å². The second-order valence-corrected chi connectivity index (χ2v) is 7.68. The monoisotopic (exact) mass is 399 g/mol. The van der Waals surface area contributed by atoms with Gasteiger partial charge in [-0.25, -0.2) is 4.79 Å². The van der Waals surface area contributed by atoms with Crippen LogP contribution in [0.1, 0.15) is 41.6 Å². The maximum absolute atomic E-state index is 11.5. The minimum atomic E-state index is -1.08. The Morgan fingerprint density at radius 3 is 2.73 bits per heavy atom. The summed E-state index contributed by atoms with van der Waals surface area (Å²) in [6.45, 7) is 0. The Labute approximate surface area is 173 Å². The van der Waals surface area contributed by atoms with E-state index in [4.69, 9.17) is 4.52 Å². The third-order valence-electron chi connectivity index (χ3n) is 5.57. The number of aromatic nitrogens is 2. The Balaban J connectivity index is 1.57. The number of carboxylic acid groups (broad SMARTS) is 1. The molecule has 1 fully saturated rings. The van der Waals surface area contributed by atoms with Gasteiger partial charge in [-0.2, -0.15) is 0 Å². The molecule has 150 valence electrons. The standard InChI is InChI=1S/C24H21N3O3/c28-24(29)26-21(14-17-5-3-4-12-25-17)18-6-1-2-7-19(18)23-20-11-10-16(15-8-9-15)13-22(20)30-27-23/h1-7,10-13,15,21,26H,8-9,14H2,(H,28,29)/t21-/m0/s1. The third-order valence-corrected chi connectivity index (χ3v) is 5.57. The fourth-order valence-corrected chi connectivity index (χ4v) is 3.95. The number of nitrogens with zero attached hydrogens (tertiary/aromatic N) is 2. The highest BCUT2D eigenvalue weighted by Crippen LogP contribution is 2.42. The van der Waals surface area contributed by atoms with Gasteiger partial charge >= 0.3 is 6.09 Å². The first-order valence-electron chi connectivity index (χ1n) is 10.1. The largest absolute Gasteiger partial charge is 0.465 e. The molecule has 1 aliphatic carbocycles. The fourth-order valence-electron chi connectivity index (χ4n) is 3.95. The van der Waals surface area contributed by atoms with Gasteiger partial charge in [0.15, 0.2) is 5.58 Å². The zero-order chi connectivity index (χ0) is 20.5. The summed E-state index contributed by atoms with van der Waals surface area (Å²) in [5, 5.41) is 17.4. The van der Waals surface area contributed by atoms with Crippen LogP contribution in [0.4, 0.5) is 4.79 Å². The van der Waals surface area contributed by atoms with Crippen LogP contribution in [0.3, 0.4) is 0 Å².